The van der Waals surface area contributed by atoms with Crippen LogP contribution in [0.25, 0.3) is 0 Å². The van der Waals surface area contributed by atoms with Gasteiger partial charge in [0.1, 0.15) is 11.5 Å². The highest BCUT2D eigenvalue weighted by molar-refractivity contribution is 5.82. The second kappa shape index (κ2) is 4.43. The van der Waals surface area contributed by atoms with Gasteiger partial charge in [-0.3, -0.25) is 10.1 Å². The molecular formula is C14H20N2O2. The molecule has 1 aliphatic heterocycles. The molecule has 2 heterocycles. The summed E-state index contributed by atoms with van der Waals surface area (Å²) in [4.78, 5) is 11.4. The highest BCUT2D eigenvalue weighted by Crippen LogP contribution is 2.30. The van der Waals surface area contributed by atoms with Crippen LogP contribution in [0.5, 0.6) is 0 Å². The van der Waals surface area contributed by atoms with Gasteiger partial charge in [-0.1, -0.05) is 6.92 Å². The molecule has 0 saturated carbocycles. The van der Waals surface area contributed by atoms with E-state index >= 15 is 0 Å². The number of hydrogen-bond acceptors (Lipinski definition) is 3. The van der Waals surface area contributed by atoms with Crippen molar-refractivity contribution >= 4 is 5.91 Å². The molecule has 0 spiro atoms. The minimum Gasteiger partial charge on any atom is -0.464 e. The first-order chi connectivity index (χ1) is 8.63. The third-order valence-electron chi connectivity index (χ3n) is 4.02. The Labute approximate surface area is 107 Å². The van der Waals surface area contributed by atoms with E-state index in [1.807, 2.05) is 6.92 Å². The van der Waals surface area contributed by atoms with Crippen molar-refractivity contribution in [3.63, 3.8) is 0 Å². The molecule has 3 atom stereocenters. The SMILES string of the molecule is CC1CCc2oc(C3CNC(=O)[C@H](C)N3)cc2C1. The molecule has 1 saturated heterocycles. The van der Waals surface area contributed by atoms with Crippen LogP contribution < -0.4 is 10.6 Å². The van der Waals surface area contributed by atoms with E-state index in [0.717, 1.165) is 30.3 Å². The fraction of sp³-hybridized carbons (Fsp3) is 0.643. The Morgan fingerprint density at radius 3 is 3.00 bits per heavy atom. The van der Waals surface area contributed by atoms with E-state index < -0.39 is 0 Å². The summed E-state index contributed by atoms with van der Waals surface area (Å²) in [6.45, 7) is 4.79. The summed E-state index contributed by atoms with van der Waals surface area (Å²) in [7, 11) is 0. The first kappa shape index (κ1) is 11.8. The van der Waals surface area contributed by atoms with E-state index in [1.165, 1.54) is 12.0 Å². The van der Waals surface area contributed by atoms with Gasteiger partial charge in [0.15, 0.2) is 0 Å². The van der Waals surface area contributed by atoms with Crippen molar-refractivity contribution in [2.24, 2.45) is 5.92 Å². The molecule has 0 radical (unpaired) electrons. The number of piperazine rings is 1. The standard InChI is InChI=1S/C14H20N2O2/c1-8-3-4-12-10(5-8)6-13(18-12)11-7-15-14(17)9(2)16-11/h6,8-9,11,16H,3-5,7H2,1-2H3,(H,15,17)/t8?,9-,11?/m0/s1. The van der Waals surface area contributed by atoms with Crippen molar-refractivity contribution in [3.8, 4) is 0 Å². The zero-order valence-corrected chi connectivity index (χ0v) is 11.0. The molecule has 98 valence electrons. The molecule has 3 rings (SSSR count). The highest BCUT2D eigenvalue weighted by atomic mass is 16.3. The fourth-order valence-electron chi connectivity index (χ4n) is 2.88. The van der Waals surface area contributed by atoms with Gasteiger partial charge < -0.3 is 9.73 Å². The van der Waals surface area contributed by atoms with E-state index in [2.05, 4.69) is 23.6 Å². The average Bonchev–Trinajstić information content (AvgIpc) is 2.75. The van der Waals surface area contributed by atoms with Crippen LogP contribution >= 0.6 is 0 Å². The van der Waals surface area contributed by atoms with Gasteiger partial charge in [0.05, 0.1) is 12.1 Å². The zero-order valence-electron chi connectivity index (χ0n) is 11.0. The minimum absolute atomic E-state index is 0.0659. The molecule has 2 N–H and O–H groups in total. The highest BCUT2D eigenvalue weighted by Gasteiger charge is 2.29. The molecule has 4 nitrogen and oxygen atoms in total. The first-order valence-electron chi connectivity index (χ1n) is 6.78. The number of carbonyl (C=O) groups excluding carboxylic acids is 1. The number of amides is 1. The van der Waals surface area contributed by atoms with Crippen molar-refractivity contribution < 1.29 is 9.21 Å². The summed E-state index contributed by atoms with van der Waals surface area (Å²) in [5, 5.41) is 6.21. The molecule has 2 unspecified atom stereocenters. The number of aryl methyl sites for hydroxylation is 1. The monoisotopic (exact) mass is 248 g/mol. The van der Waals surface area contributed by atoms with E-state index in [0.29, 0.717) is 6.54 Å². The lowest BCUT2D eigenvalue weighted by Gasteiger charge is -2.27. The molecular weight excluding hydrogens is 228 g/mol. The molecule has 1 aliphatic carbocycles. The quantitative estimate of drug-likeness (QED) is 0.793. The van der Waals surface area contributed by atoms with Crippen molar-refractivity contribution in [2.75, 3.05) is 6.54 Å². The van der Waals surface area contributed by atoms with Gasteiger partial charge in [-0.05, 0) is 37.3 Å². The van der Waals surface area contributed by atoms with Gasteiger partial charge >= 0.3 is 0 Å². The number of hydrogen-bond donors (Lipinski definition) is 2. The van der Waals surface area contributed by atoms with Gasteiger partial charge in [0.2, 0.25) is 5.91 Å². The summed E-state index contributed by atoms with van der Waals surface area (Å²) in [6, 6.07) is 2.13. The minimum atomic E-state index is -0.148. The molecule has 18 heavy (non-hydrogen) atoms. The summed E-state index contributed by atoms with van der Waals surface area (Å²) in [5.74, 6) is 2.94. The smallest absolute Gasteiger partial charge is 0.236 e. The third-order valence-corrected chi connectivity index (χ3v) is 4.02. The van der Waals surface area contributed by atoms with Crippen LogP contribution in [-0.4, -0.2) is 18.5 Å². The van der Waals surface area contributed by atoms with Crippen LogP contribution in [0.3, 0.4) is 0 Å². The van der Waals surface area contributed by atoms with Gasteiger partial charge in [-0.15, -0.1) is 0 Å². The number of carbonyl (C=O) groups is 1. The van der Waals surface area contributed by atoms with Gasteiger partial charge in [0.25, 0.3) is 0 Å². The fourth-order valence-corrected chi connectivity index (χ4v) is 2.88. The molecule has 0 bridgehead atoms. The first-order valence-corrected chi connectivity index (χ1v) is 6.78. The van der Waals surface area contributed by atoms with Crippen LogP contribution in [0.2, 0.25) is 0 Å². The number of furan rings is 1. The van der Waals surface area contributed by atoms with Crippen molar-refractivity contribution in [2.45, 2.75) is 45.2 Å². The molecule has 2 aliphatic rings. The zero-order chi connectivity index (χ0) is 12.7. The Morgan fingerprint density at radius 2 is 2.22 bits per heavy atom. The number of fused-ring (bicyclic) bond motifs is 1. The Morgan fingerprint density at radius 1 is 1.39 bits per heavy atom. The van der Waals surface area contributed by atoms with Crippen molar-refractivity contribution in [3.05, 3.63) is 23.2 Å². The van der Waals surface area contributed by atoms with E-state index in [-0.39, 0.29) is 18.0 Å². The lowest BCUT2D eigenvalue weighted by molar-refractivity contribution is -0.124. The van der Waals surface area contributed by atoms with E-state index in [1.54, 1.807) is 0 Å². The average molecular weight is 248 g/mol. The summed E-state index contributed by atoms with van der Waals surface area (Å²) in [5.41, 5.74) is 1.36. The third kappa shape index (κ3) is 2.05. The largest absolute Gasteiger partial charge is 0.464 e. The maximum Gasteiger partial charge on any atom is 0.236 e. The van der Waals surface area contributed by atoms with Crippen molar-refractivity contribution in [1.82, 2.24) is 10.6 Å². The number of nitrogens with one attached hydrogen (secondary N) is 2. The summed E-state index contributed by atoms with van der Waals surface area (Å²) >= 11 is 0. The summed E-state index contributed by atoms with van der Waals surface area (Å²) in [6.07, 6.45) is 3.38. The Kier molecular flexibility index (Phi) is 2.90. The van der Waals surface area contributed by atoms with E-state index in [4.69, 9.17) is 4.42 Å². The van der Waals surface area contributed by atoms with Gasteiger partial charge in [-0.2, -0.15) is 0 Å². The van der Waals surface area contributed by atoms with Crippen LogP contribution in [0.4, 0.5) is 0 Å². The molecule has 1 amide bonds. The van der Waals surface area contributed by atoms with Gasteiger partial charge in [0, 0.05) is 13.0 Å². The molecule has 4 heteroatoms. The molecule has 0 aromatic carbocycles. The van der Waals surface area contributed by atoms with Crippen LogP contribution in [0.1, 0.15) is 43.4 Å². The van der Waals surface area contributed by atoms with E-state index in [9.17, 15) is 4.79 Å². The predicted octanol–water partition coefficient (Wildman–Crippen LogP) is 1.55. The second-order valence-corrected chi connectivity index (χ2v) is 5.63. The molecule has 1 aromatic rings. The van der Waals surface area contributed by atoms with Crippen molar-refractivity contribution in [1.29, 1.82) is 0 Å². The predicted molar refractivity (Wildman–Crippen MR) is 68.2 cm³/mol. The lowest BCUT2D eigenvalue weighted by Crippen LogP contribution is -2.52. The van der Waals surface area contributed by atoms with Crippen LogP contribution in [0.15, 0.2) is 10.5 Å². The maximum absolute atomic E-state index is 11.4. The normalized spacial score (nSPS) is 31.9. The number of rotatable bonds is 1. The summed E-state index contributed by atoms with van der Waals surface area (Å²) < 4.78 is 5.96. The molecule has 1 aromatic heterocycles. The topological polar surface area (TPSA) is 54.3 Å². The lowest BCUT2D eigenvalue weighted by atomic mass is 9.89. The maximum atomic E-state index is 11.4. The Bertz CT molecular complexity index is 466. The van der Waals surface area contributed by atoms with Gasteiger partial charge in [-0.25, -0.2) is 0 Å². The second-order valence-electron chi connectivity index (χ2n) is 5.63. The Balaban J connectivity index is 1.79. The van der Waals surface area contributed by atoms with Crippen LogP contribution in [-0.2, 0) is 17.6 Å². The molecule has 1 fully saturated rings. The van der Waals surface area contributed by atoms with Crippen LogP contribution in [0, 0.1) is 5.92 Å². The Hall–Kier alpha value is -1.29.